The molecule has 2 aromatic rings. The molecule has 0 radical (unpaired) electrons. The lowest BCUT2D eigenvalue weighted by Crippen LogP contribution is -2.33. The van der Waals surface area contributed by atoms with Crippen LogP contribution >= 0.6 is 11.3 Å². The predicted molar refractivity (Wildman–Crippen MR) is 123 cm³/mol. The van der Waals surface area contributed by atoms with Gasteiger partial charge >= 0.3 is 12.1 Å². The van der Waals surface area contributed by atoms with Crippen LogP contribution in [0.1, 0.15) is 35.8 Å². The molecule has 0 saturated carbocycles. The molecule has 1 amide bonds. The van der Waals surface area contributed by atoms with Gasteiger partial charge < -0.3 is 15.7 Å². The molecule has 0 spiro atoms. The second-order valence-corrected chi connectivity index (χ2v) is 8.89. The maximum Gasteiger partial charge on any atom is 0.490 e. The highest BCUT2D eigenvalue weighted by Crippen LogP contribution is 2.23. The summed E-state index contributed by atoms with van der Waals surface area (Å²) in [4.78, 5) is 36.8. The number of rotatable bonds is 8. The molecule has 6 nitrogen and oxygen atoms in total. The number of nitrogens with zero attached hydrogens (tertiary/aromatic N) is 1. The van der Waals surface area contributed by atoms with Crippen LogP contribution in [0.25, 0.3) is 0 Å². The summed E-state index contributed by atoms with van der Waals surface area (Å²) < 4.78 is 31.7. The molecule has 34 heavy (non-hydrogen) atoms. The molecule has 0 unspecified atom stereocenters. The van der Waals surface area contributed by atoms with E-state index in [1.54, 1.807) is 17.4 Å². The molecule has 0 fully saturated rings. The van der Waals surface area contributed by atoms with Crippen LogP contribution in [0.5, 0.6) is 0 Å². The minimum absolute atomic E-state index is 0.0000157. The summed E-state index contributed by atoms with van der Waals surface area (Å²) in [5.41, 5.74) is 8.49. The molecule has 1 aliphatic rings. The number of carbonyl (C=O) groups excluding carboxylic acids is 2. The second-order valence-electron chi connectivity index (χ2n) is 7.85. The van der Waals surface area contributed by atoms with Crippen molar-refractivity contribution in [2.75, 3.05) is 0 Å². The normalized spacial score (nSPS) is 14.8. The second kappa shape index (κ2) is 12.5. The third-order valence-electron chi connectivity index (χ3n) is 5.31. The smallest absolute Gasteiger partial charge is 0.475 e. The van der Waals surface area contributed by atoms with Crippen LogP contribution in [-0.4, -0.2) is 39.9 Å². The maximum absolute atomic E-state index is 12.5. The number of hydrogen-bond acceptors (Lipinski definition) is 5. The number of alkyl halides is 3. The van der Waals surface area contributed by atoms with Gasteiger partial charge in [0.15, 0.2) is 0 Å². The van der Waals surface area contributed by atoms with Gasteiger partial charge in [0, 0.05) is 30.8 Å². The van der Waals surface area contributed by atoms with Gasteiger partial charge in [0.2, 0.25) is 5.91 Å². The zero-order chi connectivity index (χ0) is 25.3. The van der Waals surface area contributed by atoms with E-state index in [-0.39, 0.29) is 17.6 Å². The fourth-order valence-electron chi connectivity index (χ4n) is 3.33. The predicted octanol–water partition coefficient (Wildman–Crippen LogP) is 4.34. The first-order valence-electron chi connectivity index (χ1n) is 10.7. The molecule has 2 heterocycles. The van der Waals surface area contributed by atoms with Crippen LogP contribution in [0.3, 0.4) is 0 Å². The molecule has 0 saturated heterocycles. The highest BCUT2D eigenvalue weighted by molar-refractivity contribution is 7.09. The molecule has 184 valence electrons. The van der Waals surface area contributed by atoms with Crippen molar-refractivity contribution < 1.29 is 32.7 Å². The Hall–Kier alpha value is -2.98. The summed E-state index contributed by atoms with van der Waals surface area (Å²) in [6.07, 6.45) is 0.190. The van der Waals surface area contributed by atoms with Crippen molar-refractivity contribution in [3.63, 3.8) is 0 Å². The molecular weight excluding hydrogens is 469 g/mol. The average Bonchev–Trinajstić information content (AvgIpc) is 3.45. The van der Waals surface area contributed by atoms with E-state index in [2.05, 4.69) is 12.1 Å². The van der Waals surface area contributed by atoms with Crippen LogP contribution in [0, 0.1) is 5.92 Å². The molecular formula is C24H27F3N2O4S. The number of Topliss-reactive ketones (excluding diaryl/α,β-unsaturated/α-hetero) is 1. The summed E-state index contributed by atoms with van der Waals surface area (Å²) in [5, 5.41) is 9.12. The van der Waals surface area contributed by atoms with Gasteiger partial charge in [-0.3, -0.25) is 9.59 Å². The number of fused-ring (bicyclic) bond motifs is 1. The monoisotopic (exact) mass is 496 g/mol. The number of halogens is 3. The number of carboxylic acids is 1. The number of allylic oxidation sites excluding steroid dienone is 1. The van der Waals surface area contributed by atoms with Gasteiger partial charge in [0.1, 0.15) is 5.78 Å². The van der Waals surface area contributed by atoms with E-state index in [4.69, 9.17) is 15.6 Å². The molecule has 1 aromatic heterocycles. The minimum Gasteiger partial charge on any atom is -0.475 e. The first-order chi connectivity index (χ1) is 16.0. The lowest BCUT2D eigenvalue weighted by atomic mass is 9.94. The van der Waals surface area contributed by atoms with Gasteiger partial charge in [-0.1, -0.05) is 43.3 Å². The Morgan fingerprint density at radius 1 is 1.15 bits per heavy atom. The van der Waals surface area contributed by atoms with Crippen LogP contribution in [0.4, 0.5) is 13.2 Å². The van der Waals surface area contributed by atoms with E-state index >= 15 is 0 Å². The number of ketones is 1. The molecule has 10 heteroatoms. The van der Waals surface area contributed by atoms with Gasteiger partial charge in [-0.25, -0.2) is 4.79 Å². The number of carbonyl (C=O) groups is 3. The molecule has 1 aromatic carbocycles. The van der Waals surface area contributed by atoms with Crippen LogP contribution < -0.4 is 5.73 Å². The summed E-state index contributed by atoms with van der Waals surface area (Å²) >= 11 is 1.62. The number of nitrogens with two attached hydrogens (primary N) is 1. The SMILES string of the molecule is CC[C@@H](/C=C/C(=O)N1Cc2ccccc2C1)CC(=O)[C@@H](N)Cc1cccs1.O=C(O)C(F)(F)F. The zero-order valence-electron chi connectivity index (χ0n) is 18.6. The van der Waals surface area contributed by atoms with Crippen molar-refractivity contribution in [2.45, 2.75) is 51.5 Å². The fraction of sp³-hybridized carbons (Fsp3) is 0.375. The van der Waals surface area contributed by atoms with Gasteiger partial charge in [-0.05, 0) is 41.0 Å². The Labute approximate surface area is 199 Å². The van der Waals surface area contributed by atoms with Gasteiger partial charge in [-0.2, -0.15) is 13.2 Å². The third kappa shape index (κ3) is 8.42. The zero-order valence-corrected chi connectivity index (χ0v) is 19.4. The van der Waals surface area contributed by atoms with Gasteiger partial charge in [0.05, 0.1) is 6.04 Å². The Morgan fingerprint density at radius 2 is 1.74 bits per heavy atom. The Kier molecular flexibility index (Phi) is 10.0. The van der Waals surface area contributed by atoms with Crippen molar-refractivity contribution in [3.8, 4) is 0 Å². The third-order valence-corrected chi connectivity index (χ3v) is 6.21. The van der Waals surface area contributed by atoms with E-state index in [1.807, 2.05) is 47.5 Å². The summed E-state index contributed by atoms with van der Waals surface area (Å²) in [5.74, 6) is -2.66. The van der Waals surface area contributed by atoms with E-state index in [1.165, 1.54) is 11.1 Å². The number of carboxylic acid groups (broad SMARTS) is 1. The number of amides is 1. The van der Waals surface area contributed by atoms with Gasteiger partial charge in [0.25, 0.3) is 0 Å². The largest absolute Gasteiger partial charge is 0.490 e. The number of aliphatic carboxylic acids is 1. The lowest BCUT2D eigenvalue weighted by Gasteiger charge is -2.15. The summed E-state index contributed by atoms with van der Waals surface area (Å²) in [6, 6.07) is 11.6. The number of benzene rings is 1. The topological polar surface area (TPSA) is 101 Å². The minimum atomic E-state index is -5.08. The Balaban J connectivity index is 0.000000509. The van der Waals surface area contributed by atoms with Crippen molar-refractivity contribution >= 4 is 29.0 Å². The Bertz CT molecular complexity index is 981. The summed E-state index contributed by atoms with van der Waals surface area (Å²) in [6.45, 7) is 3.34. The summed E-state index contributed by atoms with van der Waals surface area (Å²) in [7, 11) is 0. The van der Waals surface area contributed by atoms with Crippen molar-refractivity contribution in [2.24, 2.45) is 11.7 Å². The molecule has 3 N–H and O–H groups in total. The van der Waals surface area contributed by atoms with Gasteiger partial charge in [-0.15, -0.1) is 11.3 Å². The highest BCUT2D eigenvalue weighted by Gasteiger charge is 2.38. The molecule has 3 rings (SSSR count). The fourth-order valence-corrected chi connectivity index (χ4v) is 4.10. The van der Waals surface area contributed by atoms with Crippen LogP contribution in [-0.2, 0) is 33.9 Å². The van der Waals surface area contributed by atoms with Crippen LogP contribution in [0.15, 0.2) is 53.9 Å². The first kappa shape index (κ1) is 27.3. The van der Waals surface area contributed by atoms with Crippen molar-refractivity contribution in [1.29, 1.82) is 0 Å². The molecule has 2 atom stereocenters. The van der Waals surface area contributed by atoms with E-state index in [0.717, 1.165) is 11.3 Å². The van der Waals surface area contributed by atoms with E-state index in [0.29, 0.717) is 25.9 Å². The van der Waals surface area contributed by atoms with E-state index < -0.39 is 18.2 Å². The average molecular weight is 497 g/mol. The molecule has 0 bridgehead atoms. The molecule has 0 aliphatic carbocycles. The number of hydrogen-bond donors (Lipinski definition) is 2. The quantitative estimate of drug-likeness (QED) is 0.530. The maximum atomic E-state index is 12.5. The van der Waals surface area contributed by atoms with Crippen molar-refractivity contribution in [3.05, 3.63) is 69.9 Å². The molecule has 1 aliphatic heterocycles. The standard InChI is InChI=1S/C22H26N2O2S.C2HF3O2/c1-2-16(12-21(25)20(23)13-19-8-5-11-27-19)9-10-22(26)24-14-17-6-3-4-7-18(17)15-24;3-2(4,5)1(6)7/h3-11,16,20H,2,12-15,23H2,1H3;(H,6,7)/b10-9+;/t16-,20-;/m0./s1. The van der Waals surface area contributed by atoms with E-state index in [9.17, 15) is 22.8 Å². The first-order valence-corrected chi connectivity index (χ1v) is 11.5. The Morgan fingerprint density at radius 3 is 2.21 bits per heavy atom. The van der Waals surface area contributed by atoms with Crippen LogP contribution in [0.2, 0.25) is 0 Å². The van der Waals surface area contributed by atoms with Crippen molar-refractivity contribution in [1.82, 2.24) is 4.90 Å². The highest BCUT2D eigenvalue weighted by atomic mass is 32.1. The number of thiophene rings is 1. The lowest BCUT2D eigenvalue weighted by molar-refractivity contribution is -0.192.